The molecular formula is C10H23NO3. The lowest BCUT2D eigenvalue weighted by Crippen LogP contribution is -2.40. The molecule has 0 amide bonds. The summed E-state index contributed by atoms with van der Waals surface area (Å²) in [5.74, 6) is 0.541. The number of aliphatic hydroxyl groups is 2. The number of aliphatic hydroxyl groups excluding tert-OH is 2. The van der Waals surface area contributed by atoms with E-state index in [1.807, 2.05) is 0 Å². The van der Waals surface area contributed by atoms with Crippen LogP contribution in [0.1, 0.15) is 20.3 Å². The lowest BCUT2D eigenvalue weighted by atomic mass is 10.0. The number of methoxy groups -OCH3 is 1. The highest BCUT2D eigenvalue weighted by Gasteiger charge is 2.11. The predicted octanol–water partition coefficient (Wildman–Crippen LogP) is -0.00970. The van der Waals surface area contributed by atoms with Crippen LogP contribution in [0.15, 0.2) is 0 Å². The summed E-state index contributed by atoms with van der Waals surface area (Å²) in [6, 6.07) is 0.0708. The third-order valence-electron chi connectivity index (χ3n) is 1.98. The van der Waals surface area contributed by atoms with Crippen LogP contribution in [0.4, 0.5) is 0 Å². The maximum atomic E-state index is 9.36. The second-order valence-corrected chi connectivity index (χ2v) is 4.03. The first-order chi connectivity index (χ1) is 6.60. The minimum absolute atomic E-state index is 0.0708. The molecule has 0 bridgehead atoms. The van der Waals surface area contributed by atoms with Gasteiger partial charge in [-0.25, -0.2) is 0 Å². The van der Waals surface area contributed by atoms with Crippen LogP contribution in [0, 0.1) is 5.92 Å². The molecule has 0 aromatic rings. The van der Waals surface area contributed by atoms with Crippen LogP contribution >= 0.6 is 0 Å². The van der Waals surface area contributed by atoms with E-state index < -0.39 is 6.10 Å². The molecule has 2 atom stereocenters. The van der Waals surface area contributed by atoms with Gasteiger partial charge in [-0.3, -0.25) is 0 Å². The molecule has 4 nitrogen and oxygen atoms in total. The van der Waals surface area contributed by atoms with Crippen molar-refractivity contribution in [2.45, 2.75) is 32.4 Å². The van der Waals surface area contributed by atoms with Gasteiger partial charge in [0.05, 0.1) is 19.3 Å². The molecule has 0 aromatic carbocycles. The molecule has 0 aromatic heterocycles. The molecule has 86 valence electrons. The van der Waals surface area contributed by atoms with Crippen molar-refractivity contribution in [1.82, 2.24) is 5.32 Å². The Morgan fingerprint density at radius 3 is 2.43 bits per heavy atom. The molecule has 0 fully saturated rings. The van der Waals surface area contributed by atoms with Crippen molar-refractivity contribution in [2.75, 3.05) is 26.9 Å². The van der Waals surface area contributed by atoms with Crippen molar-refractivity contribution in [1.29, 1.82) is 0 Å². The van der Waals surface area contributed by atoms with Crippen LogP contribution < -0.4 is 5.32 Å². The van der Waals surface area contributed by atoms with Crippen LogP contribution in [-0.2, 0) is 4.74 Å². The summed E-state index contributed by atoms with van der Waals surface area (Å²) in [5, 5.41) is 21.5. The summed E-state index contributed by atoms with van der Waals surface area (Å²) in [7, 11) is 1.56. The molecule has 0 aliphatic carbocycles. The van der Waals surface area contributed by atoms with Gasteiger partial charge in [0, 0.05) is 19.7 Å². The van der Waals surface area contributed by atoms with Crippen molar-refractivity contribution in [2.24, 2.45) is 5.92 Å². The first-order valence-electron chi connectivity index (χ1n) is 5.11. The summed E-state index contributed by atoms with van der Waals surface area (Å²) in [4.78, 5) is 0. The largest absolute Gasteiger partial charge is 0.395 e. The molecule has 14 heavy (non-hydrogen) atoms. The van der Waals surface area contributed by atoms with Gasteiger partial charge in [-0.05, 0) is 12.3 Å². The molecule has 0 saturated heterocycles. The highest BCUT2D eigenvalue weighted by atomic mass is 16.5. The van der Waals surface area contributed by atoms with E-state index in [1.54, 1.807) is 7.11 Å². The zero-order valence-electron chi connectivity index (χ0n) is 9.36. The van der Waals surface area contributed by atoms with E-state index in [-0.39, 0.29) is 12.6 Å². The van der Waals surface area contributed by atoms with Gasteiger partial charge in [0.2, 0.25) is 0 Å². The minimum Gasteiger partial charge on any atom is -0.395 e. The topological polar surface area (TPSA) is 61.7 Å². The molecule has 3 N–H and O–H groups in total. The Labute approximate surface area is 86.3 Å². The highest BCUT2D eigenvalue weighted by molar-refractivity contribution is 4.69. The monoisotopic (exact) mass is 205 g/mol. The number of hydrogen-bond acceptors (Lipinski definition) is 4. The number of hydrogen-bond donors (Lipinski definition) is 3. The Hall–Kier alpha value is -0.160. The smallest absolute Gasteiger partial charge is 0.0897 e. The molecule has 0 heterocycles. The fourth-order valence-electron chi connectivity index (χ4n) is 1.35. The maximum absolute atomic E-state index is 9.36. The van der Waals surface area contributed by atoms with Crippen molar-refractivity contribution < 1.29 is 14.9 Å². The van der Waals surface area contributed by atoms with Gasteiger partial charge in [0.1, 0.15) is 0 Å². The molecule has 2 unspecified atom stereocenters. The van der Waals surface area contributed by atoms with Crippen LogP contribution in [0.2, 0.25) is 0 Å². The summed E-state index contributed by atoms with van der Waals surface area (Å²) in [5.41, 5.74) is 0. The average Bonchev–Trinajstić information content (AvgIpc) is 2.12. The second kappa shape index (κ2) is 8.17. The van der Waals surface area contributed by atoms with Gasteiger partial charge in [0.25, 0.3) is 0 Å². The molecule has 0 spiro atoms. The molecule has 0 rings (SSSR count). The third kappa shape index (κ3) is 7.26. The van der Waals surface area contributed by atoms with Gasteiger partial charge < -0.3 is 20.3 Å². The standard InChI is InChI=1S/C10H23NO3/c1-8(2)4-9(6-12)11-5-10(13)7-14-3/h8-13H,4-7H2,1-3H3. The lowest BCUT2D eigenvalue weighted by Gasteiger charge is -2.20. The SMILES string of the molecule is COCC(O)CNC(CO)CC(C)C. The Morgan fingerprint density at radius 1 is 1.36 bits per heavy atom. The van der Waals surface area contributed by atoms with E-state index >= 15 is 0 Å². The van der Waals surface area contributed by atoms with Crippen LogP contribution in [0.3, 0.4) is 0 Å². The molecule has 0 radical (unpaired) electrons. The van der Waals surface area contributed by atoms with Gasteiger partial charge >= 0.3 is 0 Å². The molecule has 0 aliphatic rings. The van der Waals surface area contributed by atoms with E-state index in [2.05, 4.69) is 19.2 Å². The predicted molar refractivity (Wildman–Crippen MR) is 56.2 cm³/mol. The highest BCUT2D eigenvalue weighted by Crippen LogP contribution is 2.03. The third-order valence-corrected chi connectivity index (χ3v) is 1.98. The number of rotatable bonds is 8. The Kier molecular flexibility index (Phi) is 8.08. The molecule has 0 saturated carbocycles. The van der Waals surface area contributed by atoms with E-state index in [1.165, 1.54) is 0 Å². The van der Waals surface area contributed by atoms with Crippen molar-refractivity contribution in [3.63, 3.8) is 0 Å². The second-order valence-electron chi connectivity index (χ2n) is 4.03. The van der Waals surface area contributed by atoms with E-state index in [4.69, 9.17) is 9.84 Å². The normalized spacial score (nSPS) is 15.9. The fraction of sp³-hybridized carbons (Fsp3) is 1.00. The summed E-state index contributed by atoms with van der Waals surface area (Å²) < 4.78 is 4.80. The number of ether oxygens (including phenoxy) is 1. The Morgan fingerprint density at radius 2 is 2.00 bits per heavy atom. The van der Waals surface area contributed by atoms with Crippen LogP contribution in [0.5, 0.6) is 0 Å². The zero-order valence-corrected chi connectivity index (χ0v) is 9.36. The summed E-state index contributed by atoms with van der Waals surface area (Å²) >= 11 is 0. The van der Waals surface area contributed by atoms with Crippen LogP contribution in [-0.4, -0.2) is 49.2 Å². The van der Waals surface area contributed by atoms with Crippen molar-refractivity contribution >= 4 is 0 Å². The van der Waals surface area contributed by atoms with E-state index in [9.17, 15) is 5.11 Å². The van der Waals surface area contributed by atoms with Gasteiger partial charge in [0.15, 0.2) is 0 Å². The van der Waals surface area contributed by atoms with E-state index in [0.29, 0.717) is 19.1 Å². The molecule has 4 heteroatoms. The molecular weight excluding hydrogens is 182 g/mol. The van der Waals surface area contributed by atoms with Gasteiger partial charge in [-0.2, -0.15) is 0 Å². The minimum atomic E-state index is -0.499. The van der Waals surface area contributed by atoms with Crippen molar-refractivity contribution in [3.8, 4) is 0 Å². The van der Waals surface area contributed by atoms with E-state index in [0.717, 1.165) is 6.42 Å². The molecule has 0 aliphatic heterocycles. The quantitative estimate of drug-likeness (QED) is 0.521. The summed E-state index contributed by atoms with van der Waals surface area (Å²) in [6.07, 6.45) is 0.414. The first kappa shape index (κ1) is 13.8. The first-order valence-corrected chi connectivity index (χ1v) is 5.11. The zero-order chi connectivity index (χ0) is 11.0. The fourth-order valence-corrected chi connectivity index (χ4v) is 1.35. The lowest BCUT2D eigenvalue weighted by molar-refractivity contribution is 0.0600. The maximum Gasteiger partial charge on any atom is 0.0897 e. The average molecular weight is 205 g/mol. The Bertz CT molecular complexity index is 131. The van der Waals surface area contributed by atoms with Crippen LogP contribution in [0.25, 0.3) is 0 Å². The summed E-state index contributed by atoms with van der Waals surface area (Å²) in [6.45, 7) is 5.11. The van der Waals surface area contributed by atoms with Crippen molar-refractivity contribution in [3.05, 3.63) is 0 Å². The van der Waals surface area contributed by atoms with Gasteiger partial charge in [-0.15, -0.1) is 0 Å². The van der Waals surface area contributed by atoms with Gasteiger partial charge in [-0.1, -0.05) is 13.8 Å². The Balaban J connectivity index is 3.60. The number of nitrogens with one attached hydrogen (secondary N) is 1.